The van der Waals surface area contributed by atoms with Gasteiger partial charge in [0.1, 0.15) is 0 Å². The maximum absolute atomic E-state index is 11.6. The third kappa shape index (κ3) is 4.31. The van der Waals surface area contributed by atoms with E-state index in [1.807, 2.05) is 12.1 Å². The molecule has 1 aromatic carbocycles. The lowest BCUT2D eigenvalue weighted by Crippen LogP contribution is -2.48. The highest BCUT2D eigenvalue weighted by molar-refractivity contribution is 5.85. The second kappa shape index (κ2) is 7.39. The zero-order valence-corrected chi connectivity index (χ0v) is 11.6. The smallest absolute Gasteiger partial charge is 0.220 e. The molecule has 3 nitrogen and oxygen atoms in total. The first-order valence-corrected chi connectivity index (χ1v) is 6.27. The summed E-state index contributed by atoms with van der Waals surface area (Å²) in [5, 5.41) is 6.19. The Kier molecular flexibility index (Phi) is 6.16. The number of rotatable bonds is 5. The molecular formula is C14H21ClN2O. The molecule has 0 spiro atoms. The second-order valence-corrected chi connectivity index (χ2v) is 4.75. The van der Waals surface area contributed by atoms with E-state index in [1.165, 1.54) is 11.1 Å². The molecule has 4 heteroatoms. The molecular weight excluding hydrogens is 248 g/mol. The summed E-state index contributed by atoms with van der Waals surface area (Å²) >= 11 is 0. The molecule has 0 bridgehead atoms. The summed E-state index contributed by atoms with van der Waals surface area (Å²) in [6, 6.07) is 8.24. The quantitative estimate of drug-likeness (QED) is 0.853. The lowest BCUT2D eigenvalue weighted by atomic mass is 10.0. The van der Waals surface area contributed by atoms with Gasteiger partial charge in [0.15, 0.2) is 0 Å². The van der Waals surface area contributed by atoms with E-state index in [9.17, 15) is 4.79 Å². The molecule has 1 fully saturated rings. The number of benzene rings is 1. The number of hydrogen-bond donors (Lipinski definition) is 2. The number of hydrogen-bond acceptors (Lipinski definition) is 2. The van der Waals surface area contributed by atoms with Gasteiger partial charge in [-0.3, -0.25) is 4.79 Å². The molecule has 1 aliphatic heterocycles. The van der Waals surface area contributed by atoms with E-state index in [0.29, 0.717) is 12.3 Å². The Morgan fingerprint density at radius 2 is 2.11 bits per heavy atom. The zero-order valence-electron chi connectivity index (χ0n) is 10.7. The monoisotopic (exact) mass is 268 g/mol. The minimum atomic E-state index is 0. The Morgan fingerprint density at radius 3 is 2.72 bits per heavy atom. The normalized spacial score (nSPS) is 14.5. The van der Waals surface area contributed by atoms with Crippen LogP contribution in [0.15, 0.2) is 24.3 Å². The second-order valence-electron chi connectivity index (χ2n) is 4.75. The summed E-state index contributed by atoms with van der Waals surface area (Å²) in [6.07, 6.45) is 1.42. The Hall–Kier alpha value is -1.06. The molecule has 1 heterocycles. The highest BCUT2D eigenvalue weighted by Crippen LogP contribution is 2.09. The van der Waals surface area contributed by atoms with Crippen molar-refractivity contribution in [3.63, 3.8) is 0 Å². The van der Waals surface area contributed by atoms with Crippen molar-refractivity contribution < 1.29 is 4.79 Å². The highest BCUT2D eigenvalue weighted by Gasteiger charge is 2.16. The first-order chi connectivity index (χ1) is 8.25. The standard InChI is InChI=1S/C14H20N2O.ClH/c1-11-4-2-3-5-13(11)6-7-14(17)16-10-12-8-15-9-12;/h2-5,12,15H,6-10H2,1H3,(H,16,17);1H. The van der Waals surface area contributed by atoms with E-state index in [0.717, 1.165) is 26.1 Å². The van der Waals surface area contributed by atoms with E-state index >= 15 is 0 Å². The molecule has 0 radical (unpaired) electrons. The summed E-state index contributed by atoms with van der Waals surface area (Å²) < 4.78 is 0. The molecule has 0 unspecified atom stereocenters. The number of nitrogens with one attached hydrogen (secondary N) is 2. The Labute approximate surface area is 115 Å². The van der Waals surface area contributed by atoms with E-state index in [2.05, 4.69) is 29.7 Å². The number of carbonyl (C=O) groups excluding carboxylic acids is 1. The number of halogens is 1. The summed E-state index contributed by atoms with van der Waals surface area (Å²) in [5.74, 6) is 0.803. The minimum absolute atomic E-state index is 0. The van der Waals surface area contributed by atoms with Gasteiger partial charge in [-0.25, -0.2) is 0 Å². The summed E-state index contributed by atoms with van der Waals surface area (Å²) in [4.78, 5) is 11.6. The van der Waals surface area contributed by atoms with Crippen LogP contribution in [0.2, 0.25) is 0 Å². The highest BCUT2D eigenvalue weighted by atomic mass is 35.5. The summed E-state index contributed by atoms with van der Waals surface area (Å²) in [5.41, 5.74) is 2.54. The predicted molar refractivity (Wildman–Crippen MR) is 76.1 cm³/mol. The minimum Gasteiger partial charge on any atom is -0.356 e. The number of aryl methyl sites for hydroxylation is 2. The molecule has 1 aliphatic rings. The van der Waals surface area contributed by atoms with E-state index < -0.39 is 0 Å². The molecule has 0 aromatic heterocycles. The van der Waals surface area contributed by atoms with Gasteiger partial charge in [0, 0.05) is 32.0 Å². The summed E-state index contributed by atoms with van der Waals surface area (Å²) in [6.45, 7) is 4.99. The molecule has 1 amide bonds. The molecule has 18 heavy (non-hydrogen) atoms. The van der Waals surface area contributed by atoms with E-state index in [1.54, 1.807) is 0 Å². The third-order valence-electron chi connectivity index (χ3n) is 3.34. The fourth-order valence-electron chi connectivity index (χ4n) is 1.98. The number of carbonyl (C=O) groups is 1. The van der Waals surface area contributed by atoms with Gasteiger partial charge in [0.25, 0.3) is 0 Å². The molecule has 0 atom stereocenters. The average molecular weight is 269 g/mol. The molecule has 1 aromatic rings. The summed E-state index contributed by atoms with van der Waals surface area (Å²) in [7, 11) is 0. The Bertz CT molecular complexity index is 391. The van der Waals surface area contributed by atoms with E-state index in [-0.39, 0.29) is 18.3 Å². The van der Waals surface area contributed by atoms with Gasteiger partial charge >= 0.3 is 0 Å². The van der Waals surface area contributed by atoms with Gasteiger partial charge < -0.3 is 10.6 Å². The van der Waals surface area contributed by atoms with Crippen LogP contribution >= 0.6 is 12.4 Å². The van der Waals surface area contributed by atoms with Crippen molar-refractivity contribution in [1.82, 2.24) is 10.6 Å². The van der Waals surface area contributed by atoms with Crippen LogP contribution in [0.3, 0.4) is 0 Å². The Balaban J connectivity index is 0.00000162. The van der Waals surface area contributed by atoms with Crippen molar-refractivity contribution in [2.75, 3.05) is 19.6 Å². The lowest BCUT2D eigenvalue weighted by Gasteiger charge is -2.27. The molecule has 2 N–H and O–H groups in total. The molecule has 100 valence electrons. The van der Waals surface area contributed by atoms with Gasteiger partial charge in [0.2, 0.25) is 5.91 Å². The van der Waals surface area contributed by atoms with Gasteiger partial charge in [-0.05, 0) is 24.5 Å². The topological polar surface area (TPSA) is 41.1 Å². The SMILES string of the molecule is Cc1ccccc1CCC(=O)NCC1CNC1.Cl. The van der Waals surface area contributed by atoms with Crippen LogP contribution in [-0.2, 0) is 11.2 Å². The van der Waals surface area contributed by atoms with Crippen molar-refractivity contribution in [2.45, 2.75) is 19.8 Å². The maximum atomic E-state index is 11.6. The van der Waals surface area contributed by atoms with Gasteiger partial charge in [0.05, 0.1) is 0 Å². The van der Waals surface area contributed by atoms with E-state index in [4.69, 9.17) is 0 Å². The van der Waals surface area contributed by atoms with Crippen LogP contribution in [-0.4, -0.2) is 25.5 Å². The predicted octanol–water partition coefficient (Wildman–Crippen LogP) is 1.69. The van der Waals surface area contributed by atoms with Crippen LogP contribution in [0.5, 0.6) is 0 Å². The van der Waals surface area contributed by atoms with Crippen LogP contribution in [0.4, 0.5) is 0 Å². The first kappa shape index (κ1) is 15.0. The lowest BCUT2D eigenvalue weighted by molar-refractivity contribution is -0.121. The van der Waals surface area contributed by atoms with Crippen molar-refractivity contribution in [2.24, 2.45) is 5.92 Å². The van der Waals surface area contributed by atoms with Crippen LogP contribution in [0.1, 0.15) is 17.5 Å². The van der Waals surface area contributed by atoms with Crippen molar-refractivity contribution >= 4 is 18.3 Å². The van der Waals surface area contributed by atoms with Gasteiger partial charge in [-0.15, -0.1) is 12.4 Å². The fourth-order valence-corrected chi connectivity index (χ4v) is 1.98. The van der Waals surface area contributed by atoms with Crippen molar-refractivity contribution in [3.8, 4) is 0 Å². The Morgan fingerprint density at radius 1 is 1.39 bits per heavy atom. The van der Waals surface area contributed by atoms with Gasteiger partial charge in [-0.2, -0.15) is 0 Å². The molecule has 2 rings (SSSR count). The number of amides is 1. The average Bonchev–Trinajstić information content (AvgIpc) is 2.26. The van der Waals surface area contributed by atoms with Crippen LogP contribution < -0.4 is 10.6 Å². The fraction of sp³-hybridized carbons (Fsp3) is 0.500. The van der Waals surface area contributed by atoms with Crippen molar-refractivity contribution in [1.29, 1.82) is 0 Å². The zero-order chi connectivity index (χ0) is 12.1. The largest absolute Gasteiger partial charge is 0.356 e. The maximum Gasteiger partial charge on any atom is 0.220 e. The molecule has 0 aliphatic carbocycles. The van der Waals surface area contributed by atoms with Crippen LogP contribution in [0, 0.1) is 12.8 Å². The molecule has 0 saturated carbocycles. The van der Waals surface area contributed by atoms with Gasteiger partial charge in [-0.1, -0.05) is 24.3 Å². The van der Waals surface area contributed by atoms with Crippen LogP contribution in [0.25, 0.3) is 0 Å². The van der Waals surface area contributed by atoms with Crippen molar-refractivity contribution in [3.05, 3.63) is 35.4 Å². The first-order valence-electron chi connectivity index (χ1n) is 6.27. The molecule has 1 saturated heterocycles. The third-order valence-corrected chi connectivity index (χ3v) is 3.34.